The third kappa shape index (κ3) is 3.13. The quantitative estimate of drug-likeness (QED) is 0.781. The third-order valence-corrected chi connectivity index (χ3v) is 3.20. The Balaban J connectivity index is 2.15. The van der Waals surface area contributed by atoms with Gasteiger partial charge < -0.3 is 5.32 Å². The van der Waals surface area contributed by atoms with Crippen molar-refractivity contribution < 1.29 is 0 Å². The number of anilines is 2. The molecule has 0 aromatic heterocycles. The summed E-state index contributed by atoms with van der Waals surface area (Å²) in [6.07, 6.45) is 1.09. The van der Waals surface area contributed by atoms with Crippen LogP contribution in [0.3, 0.4) is 0 Å². The summed E-state index contributed by atoms with van der Waals surface area (Å²) in [5.74, 6) is 0.564. The summed E-state index contributed by atoms with van der Waals surface area (Å²) < 4.78 is 0. The minimum atomic E-state index is 0.564. The van der Waals surface area contributed by atoms with Gasteiger partial charge >= 0.3 is 0 Å². The van der Waals surface area contributed by atoms with E-state index in [1.54, 1.807) is 0 Å². The van der Waals surface area contributed by atoms with Gasteiger partial charge in [-0.1, -0.05) is 45.0 Å². The van der Waals surface area contributed by atoms with Crippen molar-refractivity contribution in [1.82, 2.24) is 0 Å². The molecule has 0 aliphatic rings. The molecular formula is C17H21N. The number of nitrogens with one attached hydrogen (secondary N) is 1. The molecule has 2 aromatic carbocycles. The van der Waals surface area contributed by atoms with E-state index in [2.05, 4.69) is 74.6 Å². The van der Waals surface area contributed by atoms with E-state index >= 15 is 0 Å². The summed E-state index contributed by atoms with van der Waals surface area (Å²) in [5, 5.41) is 3.45. The van der Waals surface area contributed by atoms with Crippen LogP contribution in [0.15, 0.2) is 48.5 Å². The standard InChI is InChI=1S/C17H21N/c1-4-14-8-10-16(11-9-14)18-17-7-5-6-15(12-17)13(2)3/h5-13,18H,4H2,1-3H3. The fourth-order valence-electron chi connectivity index (χ4n) is 1.97. The lowest BCUT2D eigenvalue weighted by molar-refractivity contribution is 0.867. The van der Waals surface area contributed by atoms with Gasteiger partial charge in [-0.2, -0.15) is 0 Å². The van der Waals surface area contributed by atoms with Gasteiger partial charge in [0.2, 0.25) is 0 Å². The van der Waals surface area contributed by atoms with Crippen LogP contribution in [-0.4, -0.2) is 0 Å². The van der Waals surface area contributed by atoms with Crippen LogP contribution in [0.4, 0.5) is 11.4 Å². The molecule has 2 aromatic rings. The first-order valence-electron chi connectivity index (χ1n) is 6.65. The van der Waals surface area contributed by atoms with Crippen molar-refractivity contribution in [3.05, 3.63) is 59.7 Å². The van der Waals surface area contributed by atoms with Gasteiger partial charge in [-0.15, -0.1) is 0 Å². The number of rotatable bonds is 4. The van der Waals surface area contributed by atoms with Crippen molar-refractivity contribution in [2.24, 2.45) is 0 Å². The summed E-state index contributed by atoms with van der Waals surface area (Å²) in [4.78, 5) is 0. The summed E-state index contributed by atoms with van der Waals surface area (Å²) in [6, 6.07) is 17.2. The number of benzene rings is 2. The zero-order valence-electron chi connectivity index (χ0n) is 11.4. The molecule has 0 atom stereocenters. The Labute approximate surface area is 110 Å². The van der Waals surface area contributed by atoms with E-state index in [1.807, 2.05) is 0 Å². The lowest BCUT2D eigenvalue weighted by Crippen LogP contribution is -1.93. The van der Waals surface area contributed by atoms with Gasteiger partial charge in [0.25, 0.3) is 0 Å². The maximum Gasteiger partial charge on any atom is 0.0387 e. The van der Waals surface area contributed by atoms with Crippen LogP contribution in [-0.2, 0) is 6.42 Å². The highest BCUT2D eigenvalue weighted by molar-refractivity contribution is 5.60. The largest absolute Gasteiger partial charge is 0.356 e. The van der Waals surface area contributed by atoms with E-state index in [0.29, 0.717) is 5.92 Å². The monoisotopic (exact) mass is 239 g/mol. The average Bonchev–Trinajstić information content (AvgIpc) is 2.40. The summed E-state index contributed by atoms with van der Waals surface area (Å²) in [5.41, 5.74) is 5.04. The highest BCUT2D eigenvalue weighted by Gasteiger charge is 2.00. The molecule has 0 aliphatic carbocycles. The van der Waals surface area contributed by atoms with Gasteiger partial charge in [-0.25, -0.2) is 0 Å². The molecule has 0 unspecified atom stereocenters. The minimum Gasteiger partial charge on any atom is -0.356 e. The number of hydrogen-bond donors (Lipinski definition) is 1. The lowest BCUT2D eigenvalue weighted by atomic mass is 10.0. The maximum atomic E-state index is 3.45. The molecule has 0 saturated heterocycles. The van der Waals surface area contributed by atoms with Crippen LogP contribution in [0.5, 0.6) is 0 Å². The van der Waals surface area contributed by atoms with Gasteiger partial charge in [-0.05, 0) is 47.7 Å². The Morgan fingerprint density at radius 3 is 2.28 bits per heavy atom. The molecule has 2 rings (SSSR count). The van der Waals surface area contributed by atoms with Crippen molar-refractivity contribution in [1.29, 1.82) is 0 Å². The molecule has 0 radical (unpaired) electrons. The first-order valence-corrected chi connectivity index (χ1v) is 6.65. The van der Waals surface area contributed by atoms with Gasteiger partial charge in [0.15, 0.2) is 0 Å². The predicted octanol–water partition coefficient (Wildman–Crippen LogP) is 5.12. The SMILES string of the molecule is CCc1ccc(Nc2cccc(C(C)C)c2)cc1. The second-order valence-corrected chi connectivity index (χ2v) is 4.96. The number of aryl methyl sites for hydroxylation is 1. The maximum absolute atomic E-state index is 3.45. The molecule has 0 aliphatic heterocycles. The zero-order chi connectivity index (χ0) is 13.0. The van der Waals surface area contributed by atoms with Crippen LogP contribution >= 0.6 is 0 Å². The third-order valence-electron chi connectivity index (χ3n) is 3.20. The predicted molar refractivity (Wildman–Crippen MR) is 79.6 cm³/mol. The smallest absolute Gasteiger partial charge is 0.0387 e. The van der Waals surface area contributed by atoms with E-state index in [0.717, 1.165) is 17.8 Å². The normalized spacial score (nSPS) is 10.7. The Hall–Kier alpha value is -1.76. The van der Waals surface area contributed by atoms with Crippen molar-refractivity contribution in [2.45, 2.75) is 33.1 Å². The van der Waals surface area contributed by atoms with Crippen LogP contribution in [0.2, 0.25) is 0 Å². The topological polar surface area (TPSA) is 12.0 Å². The fraction of sp³-hybridized carbons (Fsp3) is 0.294. The second kappa shape index (κ2) is 5.72. The van der Waals surface area contributed by atoms with E-state index in [1.165, 1.54) is 11.1 Å². The molecule has 1 nitrogen and oxygen atoms in total. The molecule has 0 fully saturated rings. The molecule has 0 amide bonds. The lowest BCUT2D eigenvalue weighted by Gasteiger charge is -2.10. The second-order valence-electron chi connectivity index (χ2n) is 4.96. The first-order chi connectivity index (χ1) is 8.69. The first kappa shape index (κ1) is 12.7. The van der Waals surface area contributed by atoms with Crippen LogP contribution in [0.25, 0.3) is 0 Å². The molecule has 94 valence electrons. The molecule has 0 heterocycles. The van der Waals surface area contributed by atoms with Gasteiger partial charge in [0.05, 0.1) is 0 Å². The molecule has 0 spiro atoms. The molecular weight excluding hydrogens is 218 g/mol. The van der Waals surface area contributed by atoms with E-state index in [4.69, 9.17) is 0 Å². The van der Waals surface area contributed by atoms with Crippen LogP contribution in [0.1, 0.15) is 37.8 Å². The molecule has 0 bridgehead atoms. The van der Waals surface area contributed by atoms with E-state index in [-0.39, 0.29) is 0 Å². The summed E-state index contributed by atoms with van der Waals surface area (Å²) in [7, 11) is 0. The summed E-state index contributed by atoms with van der Waals surface area (Å²) in [6.45, 7) is 6.61. The average molecular weight is 239 g/mol. The molecule has 1 heteroatoms. The molecule has 1 N–H and O–H groups in total. The van der Waals surface area contributed by atoms with Crippen molar-refractivity contribution in [2.75, 3.05) is 5.32 Å². The molecule has 0 saturated carbocycles. The van der Waals surface area contributed by atoms with Gasteiger partial charge in [0.1, 0.15) is 0 Å². The van der Waals surface area contributed by atoms with Gasteiger partial charge in [0, 0.05) is 11.4 Å². The van der Waals surface area contributed by atoms with Gasteiger partial charge in [-0.3, -0.25) is 0 Å². The fourth-order valence-corrected chi connectivity index (χ4v) is 1.97. The Bertz CT molecular complexity index is 497. The number of hydrogen-bond acceptors (Lipinski definition) is 1. The highest BCUT2D eigenvalue weighted by Crippen LogP contribution is 2.22. The Kier molecular flexibility index (Phi) is 4.03. The van der Waals surface area contributed by atoms with Crippen molar-refractivity contribution >= 4 is 11.4 Å². The van der Waals surface area contributed by atoms with E-state index in [9.17, 15) is 0 Å². The summed E-state index contributed by atoms with van der Waals surface area (Å²) >= 11 is 0. The van der Waals surface area contributed by atoms with Crippen LogP contribution in [0, 0.1) is 0 Å². The highest BCUT2D eigenvalue weighted by atomic mass is 14.9. The van der Waals surface area contributed by atoms with Crippen molar-refractivity contribution in [3.63, 3.8) is 0 Å². The van der Waals surface area contributed by atoms with E-state index < -0.39 is 0 Å². The zero-order valence-corrected chi connectivity index (χ0v) is 11.4. The minimum absolute atomic E-state index is 0.564. The Morgan fingerprint density at radius 2 is 1.67 bits per heavy atom. The van der Waals surface area contributed by atoms with Crippen molar-refractivity contribution in [3.8, 4) is 0 Å². The van der Waals surface area contributed by atoms with Crippen LogP contribution < -0.4 is 5.32 Å². The Morgan fingerprint density at radius 1 is 0.944 bits per heavy atom. The molecule has 18 heavy (non-hydrogen) atoms.